The topological polar surface area (TPSA) is 51.0 Å². The molecule has 2 rings (SSSR count). The third kappa shape index (κ3) is 3.44. The summed E-state index contributed by atoms with van der Waals surface area (Å²) in [7, 11) is 1.89. The molecular formula is C15H20N4OS. The maximum absolute atomic E-state index is 12.7. The van der Waals surface area contributed by atoms with Crippen molar-refractivity contribution in [1.29, 1.82) is 0 Å². The number of hydrogen-bond acceptors (Lipinski definition) is 4. The molecule has 0 aliphatic rings. The summed E-state index contributed by atoms with van der Waals surface area (Å²) in [6, 6.07) is 3.72. The van der Waals surface area contributed by atoms with E-state index in [-0.39, 0.29) is 5.91 Å². The molecule has 2 aromatic rings. The van der Waals surface area contributed by atoms with Crippen molar-refractivity contribution in [2.45, 2.75) is 19.6 Å². The number of imidazole rings is 1. The fraction of sp³-hybridized carbons (Fsp3) is 0.400. The van der Waals surface area contributed by atoms with Crippen molar-refractivity contribution in [3.05, 3.63) is 42.2 Å². The van der Waals surface area contributed by atoms with Crippen LogP contribution < -0.4 is 4.90 Å². The van der Waals surface area contributed by atoms with Gasteiger partial charge in [0.05, 0.1) is 23.8 Å². The van der Waals surface area contributed by atoms with Crippen LogP contribution in [0.15, 0.2) is 30.7 Å². The molecule has 0 atom stereocenters. The Morgan fingerprint density at radius 1 is 1.38 bits per heavy atom. The van der Waals surface area contributed by atoms with Crippen molar-refractivity contribution in [2.24, 2.45) is 7.05 Å². The second-order valence-corrected chi connectivity index (χ2v) is 5.79. The largest absolute Gasteiger partial charge is 0.326 e. The predicted molar refractivity (Wildman–Crippen MR) is 86.6 cm³/mol. The number of amides is 1. The van der Waals surface area contributed by atoms with Gasteiger partial charge in [-0.15, -0.1) is 0 Å². The molecule has 112 valence electrons. The van der Waals surface area contributed by atoms with Crippen LogP contribution in [0.1, 0.15) is 30.2 Å². The van der Waals surface area contributed by atoms with E-state index in [0.717, 1.165) is 23.0 Å². The van der Waals surface area contributed by atoms with Crippen molar-refractivity contribution >= 4 is 23.4 Å². The van der Waals surface area contributed by atoms with E-state index in [2.05, 4.69) is 16.9 Å². The van der Waals surface area contributed by atoms with Crippen LogP contribution in [0, 0.1) is 0 Å². The van der Waals surface area contributed by atoms with Gasteiger partial charge in [-0.05, 0) is 24.8 Å². The lowest BCUT2D eigenvalue weighted by Gasteiger charge is -2.20. The summed E-state index contributed by atoms with van der Waals surface area (Å²) in [4.78, 5) is 22.9. The number of pyridine rings is 1. The first-order valence-electron chi connectivity index (χ1n) is 6.99. The Morgan fingerprint density at radius 2 is 2.19 bits per heavy atom. The summed E-state index contributed by atoms with van der Waals surface area (Å²) < 4.78 is 1.88. The third-order valence-electron chi connectivity index (χ3n) is 3.26. The van der Waals surface area contributed by atoms with E-state index in [1.165, 1.54) is 0 Å². The van der Waals surface area contributed by atoms with Crippen LogP contribution in [0.5, 0.6) is 0 Å². The number of carbonyl (C=O) groups excluding carboxylic acids is 1. The highest BCUT2D eigenvalue weighted by Crippen LogP contribution is 2.17. The maximum atomic E-state index is 12.7. The summed E-state index contributed by atoms with van der Waals surface area (Å²) in [6.07, 6.45) is 5.06. The lowest BCUT2D eigenvalue weighted by Crippen LogP contribution is -2.32. The number of thioether (sulfide) groups is 1. The van der Waals surface area contributed by atoms with Crippen LogP contribution in [-0.4, -0.2) is 32.7 Å². The highest BCUT2D eigenvalue weighted by molar-refractivity contribution is 7.98. The molecule has 0 fully saturated rings. The molecule has 1 amide bonds. The molecule has 0 aliphatic heterocycles. The van der Waals surface area contributed by atoms with Crippen molar-refractivity contribution in [1.82, 2.24) is 14.5 Å². The number of hydrogen-bond donors (Lipinski definition) is 0. The van der Waals surface area contributed by atoms with Gasteiger partial charge in [-0.2, -0.15) is 11.8 Å². The Labute approximate surface area is 129 Å². The molecule has 2 aromatic heterocycles. The van der Waals surface area contributed by atoms with E-state index < -0.39 is 0 Å². The van der Waals surface area contributed by atoms with Crippen LogP contribution in [0.25, 0.3) is 0 Å². The number of carbonyl (C=O) groups is 1. The molecule has 0 radical (unpaired) electrons. The van der Waals surface area contributed by atoms with E-state index in [1.807, 2.05) is 30.7 Å². The summed E-state index contributed by atoms with van der Waals surface area (Å²) in [5.41, 5.74) is 1.41. The zero-order chi connectivity index (χ0) is 15.2. The van der Waals surface area contributed by atoms with Gasteiger partial charge < -0.3 is 9.47 Å². The lowest BCUT2D eigenvalue weighted by molar-refractivity contribution is 0.0980. The first-order valence-corrected chi connectivity index (χ1v) is 8.14. The van der Waals surface area contributed by atoms with E-state index >= 15 is 0 Å². The fourth-order valence-electron chi connectivity index (χ4n) is 2.07. The van der Waals surface area contributed by atoms with E-state index in [0.29, 0.717) is 12.2 Å². The number of nitrogens with zero attached hydrogens (tertiary/aromatic N) is 4. The van der Waals surface area contributed by atoms with Crippen molar-refractivity contribution in [2.75, 3.05) is 17.2 Å². The van der Waals surface area contributed by atoms with Crippen LogP contribution in [-0.2, 0) is 12.8 Å². The van der Waals surface area contributed by atoms with Gasteiger partial charge in [-0.3, -0.25) is 9.78 Å². The Morgan fingerprint density at radius 3 is 2.81 bits per heavy atom. The van der Waals surface area contributed by atoms with E-state index in [9.17, 15) is 4.79 Å². The predicted octanol–water partition coefficient (Wildman–Crippen LogP) is 2.73. The Hall–Kier alpha value is -1.82. The quantitative estimate of drug-likeness (QED) is 0.823. The van der Waals surface area contributed by atoms with Crippen molar-refractivity contribution in [3.8, 4) is 0 Å². The molecular weight excluding hydrogens is 284 g/mol. The van der Waals surface area contributed by atoms with Crippen LogP contribution in [0.2, 0.25) is 0 Å². The zero-order valence-corrected chi connectivity index (χ0v) is 13.4. The molecule has 0 aliphatic carbocycles. The first-order chi connectivity index (χ1) is 10.2. The molecule has 0 saturated carbocycles. The SMILES string of the molecule is CCSCc1ncc(C(=O)N(CC)c2cccnc2)n1C. The maximum Gasteiger partial charge on any atom is 0.276 e. The minimum Gasteiger partial charge on any atom is -0.326 e. The normalized spacial score (nSPS) is 10.6. The van der Waals surface area contributed by atoms with Crippen molar-refractivity contribution in [3.63, 3.8) is 0 Å². The van der Waals surface area contributed by atoms with Gasteiger partial charge in [-0.25, -0.2) is 4.98 Å². The summed E-state index contributed by atoms with van der Waals surface area (Å²) in [5.74, 6) is 2.73. The molecule has 0 saturated heterocycles. The highest BCUT2D eigenvalue weighted by atomic mass is 32.2. The summed E-state index contributed by atoms with van der Waals surface area (Å²) >= 11 is 1.79. The minimum absolute atomic E-state index is 0.0479. The second kappa shape index (κ2) is 7.26. The molecule has 21 heavy (non-hydrogen) atoms. The van der Waals surface area contributed by atoms with E-state index in [1.54, 1.807) is 35.3 Å². The minimum atomic E-state index is -0.0479. The number of aromatic nitrogens is 3. The standard InChI is InChI=1S/C15H20N4OS/c1-4-19(12-7-6-8-16-9-12)15(20)13-10-17-14(18(13)3)11-21-5-2/h6-10H,4-5,11H2,1-3H3. The second-order valence-electron chi connectivity index (χ2n) is 4.52. The van der Waals surface area contributed by atoms with Gasteiger partial charge in [0.15, 0.2) is 0 Å². The van der Waals surface area contributed by atoms with Crippen LogP contribution in [0.3, 0.4) is 0 Å². The summed E-state index contributed by atoms with van der Waals surface area (Å²) in [6.45, 7) is 4.66. The van der Waals surface area contributed by atoms with Gasteiger partial charge in [-0.1, -0.05) is 6.92 Å². The Bertz CT molecular complexity index is 597. The Balaban J connectivity index is 2.24. The van der Waals surface area contributed by atoms with Gasteiger partial charge in [0.25, 0.3) is 5.91 Å². The average molecular weight is 304 g/mol. The number of anilines is 1. The first kappa shape index (κ1) is 15.6. The smallest absolute Gasteiger partial charge is 0.276 e. The zero-order valence-electron chi connectivity index (χ0n) is 12.6. The summed E-state index contributed by atoms with van der Waals surface area (Å²) in [5, 5.41) is 0. The third-order valence-corrected chi connectivity index (χ3v) is 4.13. The lowest BCUT2D eigenvalue weighted by atomic mass is 10.3. The average Bonchev–Trinajstić information content (AvgIpc) is 2.88. The molecule has 0 unspecified atom stereocenters. The van der Waals surface area contributed by atoms with Gasteiger partial charge >= 0.3 is 0 Å². The molecule has 0 spiro atoms. The molecule has 2 heterocycles. The van der Waals surface area contributed by atoms with Crippen LogP contribution in [0.4, 0.5) is 5.69 Å². The fourth-order valence-corrected chi connectivity index (χ4v) is 2.72. The molecule has 0 aromatic carbocycles. The highest BCUT2D eigenvalue weighted by Gasteiger charge is 2.20. The van der Waals surface area contributed by atoms with E-state index in [4.69, 9.17) is 0 Å². The molecule has 0 N–H and O–H groups in total. The molecule has 6 heteroatoms. The van der Waals surface area contributed by atoms with Crippen LogP contribution >= 0.6 is 11.8 Å². The molecule has 0 bridgehead atoms. The van der Waals surface area contributed by atoms with Gasteiger partial charge in [0.2, 0.25) is 0 Å². The Kier molecular flexibility index (Phi) is 5.38. The van der Waals surface area contributed by atoms with Gasteiger partial charge in [0, 0.05) is 19.8 Å². The number of rotatable bonds is 6. The van der Waals surface area contributed by atoms with Gasteiger partial charge in [0.1, 0.15) is 11.5 Å². The monoisotopic (exact) mass is 304 g/mol. The molecule has 5 nitrogen and oxygen atoms in total. The van der Waals surface area contributed by atoms with Crippen molar-refractivity contribution < 1.29 is 4.79 Å².